The van der Waals surface area contributed by atoms with Gasteiger partial charge < -0.3 is 10.2 Å². The Labute approximate surface area is 132 Å². The zero-order valence-electron chi connectivity index (χ0n) is 13.4. The van der Waals surface area contributed by atoms with Crippen LogP contribution in [0.1, 0.15) is 37.8 Å². The number of piperidine rings is 1. The molecule has 1 atom stereocenters. The van der Waals surface area contributed by atoms with Crippen molar-refractivity contribution in [1.82, 2.24) is 10.2 Å². The number of halogens is 1. The first-order valence-corrected chi connectivity index (χ1v) is 7.95. The maximum atomic E-state index is 12.5. The van der Waals surface area contributed by atoms with Crippen LogP contribution in [0.25, 0.3) is 0 Å². The molecule has 1 N–H and O–H groups in total. The molecule has 1 aliphatic heterocycles. The van der Waals surface area contributed by atoms with Crippen molar-refractivity contribution in [3.05, 3.63) is 34.3 Å². The number of likely N-dealkylation sites (tertiary alicyclic amines) is 1. The van der Waals surface area contributed by atoms with Gasteiger partial charge in [-0.3, -0.25) is 4.79 Å². The summed E-state index contributed by atoms with van der Waals surface area (Å²) < 4.78 is 0. The molecule has 1 heterocycles. The van der Waals surface area contributed by atoms with Gasteiger partial charge in [0.25, 0.3) is 0 Å². The minimum atomic E-state index is -0.462. The third kappa shape index (κ3) is 3.78. The lowest BCUT2D eigenvalue weighted by molar-refractivity contribution is -0.128. The molecule has 2 rings (SSSR count). The van der Waals surface area contributed by atoms with Gasteiger partial charge in [-0.25, -0.2) is 0 Å². The second-order valence-electron chi connectivity index (χ2n) is 6.65. The summed E-state index contributed by atoms with van der Waals surface area (Å²) in [5.41, 5.74) is 1.55. The lowest BCUT2D eigenvalue weighted by Gasteiger charge is -2.33. The Hall–Kier alpha value is -1.06. The maximum Gasteiger partial charge on any atom is 0.225 e. The van der Waals surface area contributed by atoms with E-state index in [0.717, 1.165) is 42.1 Å². The average Bonchev–Trinajstić information content (AvgIpc) is 2.41. The van der Waals surface area contributed by atoms with Crippen LogP contribution in [0.3, 0.4) is 0 Å². The van der Waals surface area contributed by atoms with E-state index in [1.807, 2.05) is 39.0 Å². The van der Waals surface area contributed by atoms with Crippen LogP contribution in [0.15, 0.2) is 18.2 Å². The number of nitrogens with one attached hydrogen (secondary N) is 1. The van der Waals surface area contributed by atoms with Gasteiger partial charge in [0.1, 0.15) is 0 Å². The summed E-state index contributed by atoms with van der Waals surface area (Å²) in [5.74, 6) is 0.204. The fourth-order valence-electron chi connectivity index (χ4n) is 2.99. The number of rotatable bonds is 3. The lowest BCUT2D eigenvalue weighted by Crippen LogP contribution is -2.48. The first-order chi connectivity index (χ1) is 9.81. The molecule has 1 aliphatic rings. The van der Waals surface area contributed by atoms with E-state index in [1.54, 1.807) is 0 Å². The second kappa shape index (κ2) is 6.37. The predicted molar refractivity (Wildman–Crippen MR) is 87.6 cm³/mol. The summed E-state index contributed by atoms with van der Waals surface area (Å²) in [6, 6.07) is 5.96. The topological polar surface area (TPSA) is 32.3 Å². The van der Waals surface area contributed by atoms with Crippen LogP contribution < -0.4 is 5.32 Å². The Balaban J connectivity index is 2.13. The Morgan fingerprint density at radius 3 is 2.81 bits per heavy atom. The van der Waals surface area contributed by atoms with Crippen molar-refractivity contribution in [2.45, 2.75) is 39.2 Å². The Morgan fingerprint density at radius 1 is 1.43 bits per heavy atom. The Kier molecular flexibility index (Phi) is 4.95. The van der Waals surface area contributed by atoms with E-state index in [1.165, 1.54) is 0 Å². The third-order valence-corrected chi connectivity index (χ3v) is 4.80. The van der Waals surface area contributed by atoms with Crippen LogP contribution in [0, 0.1) is 12.8 Å². The fraction of sp³-hybridized carbons (Fsp3) is 0.588. The minimum absolute atomic E-state index is 0.0756. The minimum Gasteiger partial charge on any atom is -0.347 e. The Bertz CT molecular complexity index is 528. The number of amides is 1. The third-order valence-electron chi connectivity index (χ3n) is 4.30. The van der Waals surface area contributed by atoms with E-state index in [4.69, 9.17) is 11.6 Å². The number of aryl methyl sites for hydroxylation is 1. The van der Waals surface area contributed by atoms with E-state index in [9.17, 15) is 4.79 Å². The number of hydrogen-bond acceptors (Lipinski definition) is 2. The van der Waals surface area contributed by atoms with E-state index < -0.39 is 5.54 Å². The van der Waals surface area contributed by atoms with Crippen molar-refractivity contribution < 1.29 is 4.79 Å². The maximum absolute atomic E-state index is 12.5. The normalized spacial score (nSPS) is 20.3. The van der Waals surface area contributed by atoms with Crippen molar-refractivity contribution in [3.8, 4) is 0 Å². The molecule has 0 aliphatic carbocycles. The van der Waals surface area contributed by atoms with Gasteiger partial charge in [0.15, 0.2) is 0 Å². The molecule has 0 spiro atoms. The molecule has 0 aromatic heterocycles. The van der Waals surface area contributed by atoms with E-state index >= 15 is 0 Å². The van der Waals surface area contributed by atoms with Crippen LogP contribution in [0.4, 0.5) is 0 Å². The van der Waals surface area contributed by atoms with Gasteiger partial charge in [-0.15, -0.1) is 0 Å². The molecule has 1 aromatic carbocycles. The number of carbonyl (C=O) groups is 1. The van der Waals surface area contributed by atoms with E-state index in [-0.39, 0.29) is 11.8 Å². The quantitative estimate of drug-likeness (QED) is 0.929. The van der Waals surface area contributed by atoms with Gasteiger partial charge in [-0.2, -0.15) is 0 Å². The molecule has 1 amide bonds. The van der Waals surface area contributed by atoms with Crippen molar-refractivity contribution >= 4 is 17.5 Å². The first kappa shape index (κ1) is 16.3. The molecule has 1 aromatic rings. The van der Waals surface area contributed by atoms with Crippen LogP contribution in [-0.2, 0) is 10.3 Å². The summed E-state index contributed by atoms with van der Waals surface area (Å²) in [7, 11) is 2.07. The Morgan fingerprint density at radius 2 is 2.14 bits per heavy atom. The highest BCUT2D eigenvalue weighted by molar-refractivity contribution is 6.32. The lowest BCUT2D eigenvalue weighted by atomic mass is 9.90. The summed E-state index contributed by atoms with van der Waals surface area (Å²) >= 11 is 6.41. The molecule has 0 saturated carbocycles. The van der Waals surface area contributed by atoms with Gasteiger partial charge >= 0.3 is 0 Å². The molecule has 116 valence electrons. The summed E-state index contributed by atoms with van der Waals surface area (Å²) in [5, 5.41) is 3.92. The fourth-order valence-corrected chi connectivity index (χ4v) is 3.35. The molecule has 0 radical (unpaired) electrons. The summed E-state index contributed by atoms with van der Waals surface area (Å²) in [6.45, 7) is 7.93. The highest BCUT2D eigenvalue weighted by Gasteiger charge is 2.30. The SMILES string of the molecule is Cc1cccc(C(C)(C)NC(=O)[C@H]2CCCN(C)C2)c1Cl. The molecule has 1 fully saturated rings. The van der Waals surface area contributed by atoms with Crippen molar-refractivity contribution in [3.63, 3.8) is 0 Å². The zero-order valence-corrected chi connectivity index (χ0v) is 14.1. The molecular formula is C17H25ClN2O. The molecular weight excluding hydrogens is 284 g/mol. The molecule has 0 bridgehead atoms. The standard InChI is InChI=1S/C17H25ClN2O/c1-12-7-5-9-14(15(12)18)17(2,3)19-16(21)13-8-6-10-20(4)11-13/h5,7,9,13H,6,8,10-11H2,1-4H3,(H,19,21)/t13-/m0/s1. The molecule has 4 heteroatoms. The summed E-state index contributed by atoms with van der Waals surface area (Å²) in [4.78, 5) is 14.8. The number of nitrogens with zero attached hydrogens (tertiary/aromatic N) is 1. The van der Waals surface area contributed by atoms with Gasteiger partial charge in [-0.05, 0) is 58.3 Å². The largest absolute Gasteiger partial charge is 0.347 e. The first-order valence-electron chi connectivity index (χ1n) is 7.57. The average molecular weight is 309 g/mol. The van der Waals surface area contributed by atoms with Crippen LogP contribution in [-0.4, -0.2) is 30.9 Å². The van der Waals surface area contributed by atoms with Crippen molar-refractivity contribution in [2.75, 3.05) is 20.1 Å². The number of hydrogen-bond donors (Lipinski definition) is 1. The monoisotopic (exact) mass is 308 g/mol. The van der Waals surface area contributed by atoms with Crippen molar-refractivity contribution in [1.29, 1.82) is 0 Å². The zero-order chi connectivity index (χ0) is 15.6. The molecule has 1 saturated heterocycles. The van der Waals surface area contributed by atoms with Crippen LogP contribution in [0.2, 0.25) is 5.02 Å². The molecule has 3 nitrogen and oxygen atoms in total. The predicted octanol–water partition coefficient (Wildman–Crippen LogP) is 3.34. The van der Waals surface area contributed by atoms with Gasteiger partial charge in [0.05, 0.1) is 11.5 Å². The second-order valence-corrected chi connectivity index (χ2v) is 7.03. The smallest absolute Gasteiger partial charge is 0.225 e. The number of carbonyl (C=O) groups excluding carboxylic acids is 1. The molecule has 0 unspecified atom stereocenters. The number of benzene rings is 1. The van der Waals surface area contributed by atoms with E-state index in [2.05, 4.69) is 17.3 Å². The molecule has 21 heavy (non-hydrogen) atoms. The van der Waals surface area contributed by atoms with Crippen molar-refractivity contribution in [2.24, 2.45) is 5.92 Å². The van der Waals surface area contributed by atoms with Gasteiger partial charge in [0.2, 0.25) is 5.91 Å². The highest BCUT2D eigenvalue weighted by Crippen LogP contribution is 2.30. The summed E-state index contributed by atoms with van der Waals surface area (Å²) in [6.07, 6.45) is 2.05. The van der Waals surface area contributed by atoms with Crippen LogP contribution >= 0.6 is 11.6 Å². The van der Waals surface area contributed by atoms with Gasteiger partial charge in [0, 0.05) is 11.6 Å². The highest BCUT2D eigenvalue weighted by atomic mass is 35.5. The van der Waals surface area contributed by atoms with Gasteiger partial charge in [-0.1, -0.05) is 29.8 Å². The van der Waals surface area contributed by atoms with E-state index in [0.29, 0.717) is 0 Å². The van der Waals surface area contributed by atoms with Crippen LogP contribution in [0.5, 0.6) is 0 Å².